The molecule has 236 valence electrons. The summed E-state index contributed by atoms with van der Waals surface area (Å²) in [6, 6.07) is 11.4. The lowest BCUT2D eigenvalue weighted by Crippen LogP contribution is -2.43. The molecule has 3 heterocycles. The summed E-state index contributed by atoms with van der Waals surface area (Å²) in [5.74, 6) is 6.06. The Labute approximate surface area is 253 Å². The summed E-state index contributed by atoms with van der Waals surface area (Å²) in [6.45, 7) is 1.31. The maximum atomic E-state index is 13.6. The lowest BCUT2D eigenvalue weighted by Gasteiger charge is -2.33. The number of ether oxygens (including phenoxy) is 3. The number of cyclic esters (lactones) is 2. The molecule has 2 aromatic carbocycles. The number of methoxy groups -OCH3 is 1. The van der Waals surface area contributed by atoms with E-state index in [9.17, 15) is 26.4 Å². The van der Waals surface area contributed by atoms with Gasteiger partial charge in [-0.1, -0.05) is 12.0 Å². The number of carbonyl (C=O) groups is 1. The van der Waals surface area contributed by atoms with Crippen LogP contribution in [-0.4, -0.2) is 88.5 Å². The zero-order chi connectivity index (χ0) is 31.5. The quantitative estimate of drug-likeness (QED) is 0.260. The Bertz CT molecular complexity index is 1690. The minimum atomic E-state index is -4.45. The number of likely N-dealkylation sites (tertiary alicyclic amines) is 1. The Morgan fingerprint density at radius 1 is 1.11 bits per heavy atom. The largest absolute Gasteiger partial charge is 0.508 e. The van der Waals surface area contributed by atoms with Crippen LogP contribution in [0.15, 0.2) is 47.4 Å². The maximum Gasteiger partial charge on any atom is 0.508 e. The van der Waals surface area contributed by atoms with Crippen molar-refractivity contribution in [2.24, 2.45) is 0 Å². The highest BCUT2D eigenvalue weighted by Crippen LogP contribution is 2.32. The van der Waals surface area contributed by atoms with Crippen molar-refractivity contribution in [2.45, 2.75) is 42.6 Å². The number of carbonyl (C=O) groups excluding carboxylic acids is 1. The van der Waals surface area contributed by atoms with E-state index in [1.807, 2.05) is 6.07 Å². The van der Waals surface area contributed by atoms with E-state index in [0.717, 1.165) is 37.9 Å². The second-order valence-corrected chi connectivity index (χ2v) is 12.8. The number of hydrogen-bond donors (Lipinski definition) is 2. The summed E-state index contributed by atoms with van der Waals surface area (Å²) in [4.78, 5) is 13.5. The third kappa shape index (κ3) is 7.70. The molecule has 10 nitrogen and oxygen atoms in total. The number of benzene rings is 2. The summed E-state index contributed by atoms with van der Waals surface area (Å²) in [6.07, 6.45) is -2.64. The molecule has 2 saturated heterocycles. The average Bonchev–Trinajstić information content (AvgIpc) is 3.53. The third-order valence-electron chi connectivity index (χ3n) is 7.53. The van der Waals surface area contributed by atoms with Gasteiger partial charge in [0, 0.05) is 49.1 Å². The molecular weight excluding hydrogens is 601 g/mol. The molecule has 2 N–H and O–H groups in total. The normalized spacial score (nSPS) is 17.9. The second kappa shape index (κ2) is 12.9. The Morgan fingerprint density at radius 3 is 2.55 bits per heavy atom. The zero-order valence-corrected chi connectivity index (χ0v) is 25.1. The first kappa shape index (κ1) is 31.3. The van der Waals surface area contributed by atoms with Crippen LogP contribution < -0.4 is 15.4 Å². The Balaban J connectivity index is 1.30. The van der Waals surface area contributed by atoms with Crippen LogP contribution in [0.2, 0.25) is 0 Å². The van der Waals surface area contributed by atoms with Crippen LogP contribution in [0, 0.1) is 11.8 Å². The van der Waals surface area contributed by atoms with Gasteiger partial charge in [-0.05, 0) is 49.1 Å². The lowest BCUT2D eigenvalue weighted by molar-refractivity contribution is -0.140. The summed E-state index contributed by atoms with van der Waals surface area (Å²) >= 11 is 0. The van der Waals surface area contributed by atoms with Crippen LogP contribution in [0.4, 0.5) is 29.3 Å². The average molecular weight is 635 g/mol. The smallest absolute Gasteiger partial charge is 0.495 e. The van der Waals surface area contributed by atoms with Crippen LogP contribution in [0.25, 0.3) is 10.9 Å². The molecular formula is C30H33F3N4O6S. The van der Waals surface area contributed by atoms with Crippen molar-refractivity contribution in [3.63, 3.8) is 0 Å². The summed E-state index contributed by atoms with van der Waals surface area (Å²) in [7, 11) is -2.01. The van der Waals surface area contributed by atoms with Gasteiger partial charge in [0.15, 0.2) is 15.9 Å². The number of aromatic nitrogens is 1. The van der Waals surface area contributed by atoms with Crippen molar-refractivity contribution < 1.29 is 40.6 Å². The zero-order valence-electron chi connectivity index (χ0n) is 24.2. The van der Waals surface area contributed by atoms with Crippen molar-refractivity contribution in [3.8, 4) is 17.6 Å². The van der Waals surface area contributed by atoms with Crippen molar-refractivity contribution in [1.82, 2.24) is 9.47 Å². The molecule has 0 amide bonds. The number of rotatable bonds is 9. The topological polar surface area (TPSA) is 111 Å². The molecule has 14 heteroatoms. The van der Waals surface area contributed by atoms with E-state index < -0.39 is 28.7 Å². The highest BCUT2D eigenvalue weighted by atomic mass is 32.2. The first-order valence-corrected chi connectivity index (χ1v) is 15.9. The van der Waals surface area contributed by atoms with Crippen LogP contribution >= 0.6 is 0 Å². The predicted octanol–water partition coefficient (Wildman–Crippen LogP) is 4.49. The third-order valence-corrected chi connectivity index (χ3v) is 8.64. The molecule has 2 aliphatic heterocycles. The second-order valence-electron chi connectivity index (χ2n) is 10.8. The minimum Gasteiger partial charge on any atom is -0.495 e. The number of sulfone groups is 1. The summed E-state index contributed by atoms with van der Waals surface area (Å²) in [5.41, 5.74) is 1.87. The summed E-state index contributed by atoms with van der Waals surface area (Å²) in [5, 5.41) is 7.20. The van der Waals surface area contributed by atoms with Crippen molar-refractivity contribution in [2.75, 3.05) is 56.8 Å². The Morgan fingerprint density at radius 2 is 1.89 bits per heavy atom. The van der Waals surface area contributed by atoms with Gasteiger partial charge in [-0.15, -0.1) is 0 Å². The number of hydrogen-bond acceptors (Lipinski definition) is 9. The Kier molecular flexibility index (Phi) is 9.17. The number of halogens is 3. The van der Waals surface area contributed by atoms with E-state index in [0.29, 0.717) is 28.9 Å². The number of alkyl halides is 3. The standard InChI is InChI=1S/C30H33F3N4O6S/c1-41-28-16-23(44(2,39)40)8-9-26(28)34-12-4-5-21-15-24-25(6-3-7-27(24)37(21)19-30(31,32)33)35-20-10-13-36(14-11-20)17-22-18-42-29(38)43-22/h3,6-9,15-16,20,22,34-35H,10-14,17-19H2,1-2H3/t22-/m1/s1. The fraction of sp³-hybridized carbons (Fsp3) is 0.433. The molecule has 1 aromatic heterocycles. The first-order chi connectivity index (χ1) is 20.9. The predicted molar refractivity (Wildman–Crippen MR) is 159 cm³/mol. The molecule has 0 unspecified atom stereocenters. The lowest BCUT2D eigenvalue weighted by atomic mass is 10.0. The molecule has 3 aromatic rings. The van der Waals surface area contributed by atoms with Crippen molar-refractivity contribution >= 4 is 38.3 Å². The van der Waals surface area contributed by atoms with E-state index in [2.05, 4.69) is 27.4 Å². The van der Waals surface area contributed by atoms with E-state index >= 15 is 0 Å². The molecule has 2 aliphatic rings. The van der Waals surface area contributed by atoms with Crippen LogP contribution in [0.3, 0.4) is 0 Å². The van der Waals surface area contributed by atoms with Gasteiger partial charge in [0.25, 0.3) is 0 Å². The number of anilines is 2. The minimum absolute atomic E-state index is 0.0813. The van der Waals surface area contributed by atoms with Gasteiger partial charge in [-0.3, -0.25) is 4.90 Å². The SMILES string of the molecule is COc1cc(S(C)(=O)=O)ccc1NCC#Cc1cc2c(NC3CCN(C[C@@H]4COC(=O)O4)CC3)cccc2n1CC(F)(F)F. The van der Waals surface area contributed by atoms with Crippen LogP contribution in [0.5, 0.6) is 5.75 Å². The van der Waals surface area contributed by atoms with Gasteiger partial charge >= 0.3 is 12.3 Å². The van der Waals surface area contributed by atoms with Crippen LogP contribution in [-0.2, 0) is 25.9 Å². The number of nitrogens with zero attached hydrogens (tertiary/aromatic N) is 2. The Hall–Kier alpha value is -4.09. The molecule has 0 bridgehead atoms. The molecule has 44 heavy (non-hydrogen) atoms. The van der Waals surface area contributed by atoms with Gasteiger partial charge in [-0.25, -0.2) is 13.2 Å². The molecule has 2 fully saturated rings. The van der Waals surface area contributed by atoms with Crippen molar-refractivity contribution in [1.29, 1.82) is 0 Å². The highest BCUT2D eigenvalue weighted by molar-refractivity contribution is 7.90. The van der Waals surface area contributed by atoms with Gasteiger partial charge in [0.05, 0.1) is 35.4 Å². The molecule has 0 radical (unpaired) electrons. The fourth-order valence-corrected chi connectivity index (χ4v) is 6.05. The van der Waals surface area contributed by atoms with Gasteiger partial charge in [0.1, 0.15) is 18.9 Å². The number of fused-ring (bicyclic) bond motifs is 1. The van der Waals surface area contributed by atoms with Crippen LogP contribution in [0.1, 0.15) is 18.5 Å². The number of nitrogens with one attached hydrogen (secondary N) is 2. The van der Waals surface area contributed by atoms with Gasteiger partial charge in [0.2, 0.25) is 0 Å². The van der Waals surface area contributed by atoms with E-state index in [4.69, 9.17) is 14.2 Å². The van der Waals surface area contributed by atoms with Gasteiger partial charge < -0.3 is 29.4 Å². The molecule has 0 aliphatic carbocycles. The summed E-state index contributed by atoms with van der Waals surface area (Å²) < 4.78 is 81.0. The van der Waals surface area contributed by atoms with E-state index in [1.165, 1.54) is 23.8 Å². The van der Waals surface area contributed by atoms with Gasteiger partial charge in [-0.2, -0.15) is 13.2 Å². The molecule has 1 atom stereocenters. The molecule has 0 spiro atoms. The monoisotopic (exact) mass is 634 g/mol. The van der Waals surface area contributed by atoms with Crippen molar-refractivity contribution in [3.05, 3.63) is 48.2 Å². The fourth-order valence-electron chi connectivity index (χ4n) is 5.41. The van der Waals surface area contributed by atoms with E-state index in [1.54, 1.807) is 24.3 Å². The molecule has 0 saturated carbocycles. The molecule has 5 rings (SSSR count). The first-order valence-electron chi connectivity index (χ1n) is 14.0. The number of piperidine rings is 1. The maximum absolute atomic E-state index is 13.6. The highest BCUT2D eigenvalue weighted by Gasteiger charge is 2.31. The van der Waals surface area contributed by atoms with E-state index in [-0.39, 0.29) is 35.9 Å².